The van der Waals surface area contributed by atoms with E-state index in [1.165, 1.54) is 7.11 Å². The van der Waals surface area contributed by atoms with E-state index in [2.05, 4.69) is 5.32 Å². The molecule has 21 heavy (non-hydrogen) atoms. The molecule has 1 atom stereocenters. The van der Waals surface area contributed by atoms with Gasteiger partial charge in [0.05, 0.1) is 18.6 Å². The van der Waals surface area contributed by atoms with Crippen molar-refractivity contribution in [3.63, 3.8) is 0 Å². The molecule has 1 saturated carbocycles. The third kappa shape index (κ3) is 4.88. The van der Waals surface area contributed by atoms with Gasteiger partial charge in [0.1, 0.15) is 5.60 Å². The number of nitrogens with two attached hydrogens (primary N) is 1. The molecule has 6 nitrogen and oxygen atoms in total. The van der Waals surface area contributed by atoms with Gasteiger partial charge < -0.3 is 20.5 Å². The lowest BCUT2D eigenvalue weighted by atomic mass is 9.72. The molecule has 6 heteroatoms. The number of nitrogens with one attached hydrogen (secondary N) is 1. The average molecular weight is 300 g/mol. The van der Waals surface area contributed by atoms with Crippen molar-refractivity contribution >= 4 is 12.1 Å². The molecule has 1 amide bonds. The van der Waals surface area contributed by atoms with Crippen LogP contribution < -0.4 is 11.1 Å². The summed E-state index contributed by atoms with van der Waals surface area (Å²) in [5.74, 6) is -0.925. The maximum Gasteiger partial charge on any atom is 0.408 e. The van der Waals surface area contributed by atoms with Crippen LogP contribution in [-0.4, -0.2) is 36.9 Å². The van der Waals surface area contributed by atoms with Crippen LogP contribution in [0.4, 0.5) is 4.79 Å². The summed E-state index contributed by atoms with van der Waals surface area (Å²) in [6, 6.07) is 0. The summed E-state index contributed by atoms with van der Waals surface area (Å²) in [5.41, 5.74) is 4.53. The summed E-state index contributed by atoms with van der Waals surface area (Å²) in [6.07, 6.45) is 3.90. The van der Waals surface area contributed by atoms with Gasteiger partial charge in [0.15, 0.2) is 0 Å². The first-order valence-corrected chi connectivity index (χ1v) is 7.53. The van der Waals surface area contributed by atoms with Crippen LogP contribution in [0.3, 0.4) is 0 Å². The molecule has 0 bridgehead atoms. The molecule has 0 radical (unpaired) electrons. The molecule has 122 valence electrons. The first-order chi connectivity index (χ1) is 9.74. The monoisotopic (exact) mass is 300 g/mol. The number of methoxy groups -OCH3 is 1. The highest BCUT2D eigenvalue weighted by atomic mass is 16.6. The zero-order chi connectivity index (χ0) is 16.1. The largest absolute Gasteiger partial charge is 0.469 e. The highest BCUT2D eigenvalue weighted by molar-refractivity contribution is 5.77. The number of rotatable bonds is 4. The van der Waals surface area contributed by atoms with Crippen LogP contribution >= 0.6 is 0 Å². The Hall–Kier alpha value is -1.30. The van der Waals surface area contributed by atoms with Gasteiger partial charge in [0, 0.05) is 6.54 Å². The SMILES string of the molecule is COC(=O)C(CN)C1(NC(=O)OC(C)(C)C)CCCCC1. The molecule has 3 N–H and O–H groups in total. The maximum absolute atomic E-state index is 12.1. The van der Waals surface area contributed by atoms with E-state index >= 15 is 0 Å². The lowest BCUT2D eigenvalue weighted by Crippen LogP contribution is -2.60. The maximum atomic E-state index is 12.1. The van der Waals surface area contributed by atoms with Gasteiger partial charge in [-0.1, -0.05) is 19.3 Å². The van der Waals surface area contributed by atoms with Crippen molar-refractivity contribution in [2.24, 2.45) is 11.7 Å². The minimum atomic E-state index is -0.664. The van der Waals surface area contributed by atoms with Gasteiger partial charge in [-0.15, -0.1) is 0 Å². The molecular formula is C15H28N2O4. The van der Waals surface area contributed by atoms with Gasteiger partial charge in [0.2, 0.25) is 0 Å². The molecule has 1 rings (SSSR count). The molecule has 0 aliphatic heterocycles. The fourth-order valence-electron chi connectivity index (χ4n) is 2.94. The summed E-state index contributed by atoms with van der Waals surface area (Å²) < 4.78 is 10.2. The summed E-state index contributed by atoms with van der Waals surface area (Å²) in [7, 11) is 1.34. The standard InChI is InChI=1S/C15H28N2O4/c1-14(2,3)21-13(19)17-15(8-6-5-7-9-15)11(10-16)12(18)20-4/h11H,5-10,16H2,1-4H3,(H,17,19). The topological polar surface area (TPSA) is 90.6 Å². The van der Waals surface area contributed by atoms with E-state index in [1.807, 2.05) is 0 Å². The van der Waals surface area contributed by atoms with E-state index in [0.717, 1.165) is 19.3 Å². The van der Waals surface area contributed by atoms with Gasteiger partial charge >= 0.3 is 12.1 Å². The first-order valence-electron chi connectivity index (χ1n) is 7.53. The Morgan fingerprint density at radius 3 is 2.24 bits per heavy atom. The lowest BCUT2D eigenvalue weighted by molar-refractivity contribution is -0.148. The van der Waals surface area contributed by atoms with Crippen LogP contribution in [0.2, 0.25) is 0 Å². The van der Waals surface area contributed by atoms with Crippen molar-refractivity contribution in [2.75, 3.05) is 13.7 Å². The van der Waals surface area contributed by atoms with E-state index < -0.39 is 23.2 Å². The van der Waals surface area contributed by atoms with Crippen molar-refractivity contribution in [1.29, 1.82) is 0 Å². The smallest absolute Gasteiger partial charge is 0.408 e. The minimum absolute atomic E-state index is 0.141. The molecule has 1 fully saturated rings. The Kier molecular flexibility index (Phi) is 6.01. The Morgan fingerprint density at radius 1 is 1.24 bits per heavy atom. The Balaban J connectivity index is 2.92. The molecule has 0 aromatic carbocycles. The molecule has 1 unspecified atom stereocenters. The van der Waals surface area contributed by atoms with Crippen molar-refractivity contribution < 1.29 is 19.1 Å². The molecule has 1 aliphatic carbocycles. The van der Waals surface area contributed by atoms with E-state index in [-0.39, 0.29) is 12.5 Å². The highest BCUT2D eigenvalue weighted by Gasteiger charge is 2.45. The zero-order valence-corrected chi connectivity index (χ0v) is 13.5. The first kappa shape index (κ1) is 17.8. The van der Waals surface area contributed by atoms with Crippen molar-refractivity contribution in [3.8, 4) is 0 Å². The van der Waals surface area contributed by atoms with Crippen molar-refractivity contribution in [1.82, 2.24) is 5.32 Å². The number of esters is 1. The van der Waals surface area contributed by atoms with Gasteiger partial charge in [0.25, 0.3) is 0 Å². The Morgan fingerprint density at radius 2 is 1.81 bits per heavy atom. The van der Waals surface area contributed by atoms with Gasteiger partial charge in [-0.3, -0.25) is 4.79 Å². The van der Waals surface area contributed by atoms with Gasteiger partial charge in [-0.05, 0) is 33.6 Å². The number of carbonyl (C=O) groups is 2. The van der Waals surface area contributed by atoms with E-state index in [1.54, 1.807) is 20.8 Å². The quantitative estimate of drug-likeness (QED) is 0.775. The van der Waals surface area contributed by atoms with Crippen LogP contribution in [0.25, 0.3) is 0 Å². The predicted molar refractivity (Wildman–Crippen MR) is 79.7 cm³/mol. The average Bonchev–Trinajstić information content (AvgIpc) is 2.37. The highest BCUT2D eigenvalue weighted by Crippen LogP contribution is 2.35. The summed E-state index contributed by atoms with van der Waals surface area (Å²) in [4.78, 5) is 24.2. The number of carbonyl (C=O) groups excluding carboxylic acids is 2. The second-order valence-electron chi connectivity index (χ2n) is 6.66. The van der Waals surface area contributed by atoms with Crippen molar-refractivity contribution in [2.45, 2.75) is 64.0 Å². The fraction of sp³-hybridized carbons (Fsp3) is 0.867. The number of amides is 1. The van der Waals surface area contributed by atoms with Gasteiger partial charge in [-0.25, -0.2) is 4.79 Å². The molecule has 0 spiro atoms. The Labute approximate surface area is 126 Å². The van der Waals surface area contributed by atoms with Crippen LogP contribution in [0.15, 0.2) is 0 Å². The predicted octanol–water partition coefficient (Wildman–Crippen LogP) is 1.96. The number of hydrogen-bond donors (Lipinski definition) is 2. The summed E-state index contributed by atoms with van der Waals surface area (Å²) in [5, 5.41) is 2.91. The van der Waals surface area contributed by atoms with Crippen LogP contribution in [0.1, 0.15) is 52.9 Å². The van der Waals surface area contributed by atoms with Crippen LogP contribution in [0, 0.1) is 5.92 Å². The fourth-order valence-corrected chi connectivity index (χ4v) is 2.94. The molecule has 0 heterocycles. The molecule has 0 aromatic heterocycles. The normalized spacial score (nSPS) is 19.5. The minimum Gasteiger partial charge on any atom is -0.469 e. The number of ether oxygens (including phenoxy) is 2. The third-order valence-corrected chi connectivity index (χ3v) is 3.88. The number of alkyl carbamates (subject to hydrolysis) is 1. The lowest BCUT2D eigenvalue weighted by Gasteiger charge is -2.42. The second kappa shape index (κ2) is 7.11. The van der Waals surface area contributed by atoms with Crippen LogP contribution in [0.5, 0.6) is 0 Å². The van der Waals surface area contributed by atoms with E-state index in [9.17, 15) is 9.59 Å². The van der Waals surface area contributed by atoms with Gasteiger partial charge in [-0.2, -0.15) is 0 Å². The number of hydrogen-bond acceptors (Lipinski definition) is 5. The third-order valence-electron chi connectivity index (χ3n) is 3.88. The molecular weight excluding hydrogens is 272 g/mol. The summed E-state index contributed by atoms with van der Waals surface area (Å²) in [6.45, 7) is 5.56. The molecule has 0 aromatic rings. The Bertz CT molecular complexity index is 370. The zero-order valence-electron chi connectivity index (χ0n) is 13.5. The summed E-state index contributed by atoms with van der Waals surface area (Å²) >= 11 is 0. The van der Waals surface area contributed by atoms with E-state index in [0.29, 0.717) is 12.8 Å². The van der Waals surface area contributed by atoms with E-state index in [4.69, 9.17) is 15.2 Å². The second-order valence-corrected chi connectivity index (χ2v) is 6.66. The molecule has 1 aliphatic rings. The van der Waals surface area contributed by atoms with Crippen LogP contribution in [-0.2, 0) is 14.3 Å². The van der Waals surface area contributed by atoms with Crippen molar-refractivity contribution in [3.05, 3.63) is 0 Å². The molecule has 0 saturated heterocycles.